The number of piperidine rings is 1. The summed E-state index contributed by atoms with van der Waals surface area (Å²) < 4.78 is 0. The van der Waals surface area contributed by atoms with Gasteiger partial charge in [-0.15, -0.1) is 0 Å². The van der Waals surface area contributed by atoms with Crippen LogP contribution in [-0.2, 0) is 0 Å². The van der Waals surface area contributed by atoms with Crippen LogP contribution in [0.4, 0.5) is 0 Å². The molecule has 2 rings (SSSR count). The molecular formula is C11H22N2. The summed E-state index contributed by atoms with van der Waals surface area (Å²) in [5, 5.41) is 3.77. The van der Waals surface area contributed by atoms with Crippen molar-refractivity contribution in [1.82, 2.24) is 10.2 Å². The van der Waals surface area contributed by atoms with Gasteiger partial charge >= 0.3 is 0 Å². The lowest BCUT2D eigenvalue weighted by Gasteiger charge is -2.37. The van der Waals surface area contributed by atoms with E-state index in [-0.39, 0.29) is 0 Å². The normalized spacial score (nSPS) is 37.6. The molecule has 1 atom stereocenters. The predicted octanol–water partition coefficient (Wildman–Crippen LogP) is 1.61. The summed E-state index contributed by atoms with van der Waals surface area (Å²) in [7, 11) is 2.25. The van der Waals surface area contributed by atoms with Crippen LogP contribution in [0.5, 0.6) is 0 Å². The standard InChI is InChI=1S/C11H22N2/c1-13-9-4-6-11(7-10-13)5-2-3-8-12-11/h12H,2-10H2,1H3. The predicted molar refractivity (Wildman–Crippen MR) is 55.9 cm³/mol. The molecule has 0 radical (unpaired) electrons. The summed E-state index contributed by atoms with van der Waals surface area (Å²) in [5.74, 6) is 0. The summed E-state index contributed by atoms with van der Waals surface area (Å²) in [4.78, 5) is 2.48. The third-order valence-corrected chi connectivity index (χ3v) is 3.75. The van der Waals surface area contributed by atoms with Crippen molar-refractivity contribution in [3.63, 3.8) is 0 Å². The second kappa shape index (κ2) is 3.97. The minimum atomic E-state index is 0.531. The van der Waals surface area contributed by atoms with E-state index in [1.165, 1.54) is 58.2 Å². The van der Waals surface area contributed by atoms with Crippen LogP contribution in [0, 0.1) is 0 Å². The maximum Gasteiger partial charge on any atom is 0.0194 e. The summed E-state index contributed by atoms with van der Waals surface area (Å²) in [6.45, 7) is 3.83. The van der Waals surface area contributed by atoms with Gasteiger partial charge in [-0.2, -0.15) is 0 Å². The molecule has 2 nitrogen and oxygen atoms in total. The lowest BCUT2D eigenvalue weighted by Crippen LogP contribution is -2.48. The topological polar surface area (TPSA) is 15.3 Å². The van der Waals surface area contributed by atoms with E-state index >= 15 is 0 Å². The maximum atomic E-state index is 3.77. The van der Waals surface area contributed by atoms with Crippen molar-refractivity contribution >= 4 is 0 Å². The van der Waals surface area contributed by atoms with Crippen molar-refractivity contribution in [3.8, 4) is 0 Å². The molecule has 1 unspecified atom stereocenters. The fourth-order valence-corrected chi connectivity index (χ4v) is 2.79. The molecule has 2 aliphatic rings. The Balaban J connectivity index is 1.95. The van der Waals surface area contributed by atoms with Gasteiger partial charge in [0.1, 0.15) is 0 Å². The fourth-order valence-electron chi connectivity index (χ4n) is 2.79. The van der Waals surface area contributed by atoms with Crippen LogP contribution in [-0.4, -0.2) is 37.1 Å². The minimum absolute atomic E-state index is 0.531. The zero-order valence-corrected chi connectivity index (χ0v) is 8.81. The van der Waals surface area contributed by atoms with Crippen molar-refractivity contribution in [1.29, 1.82) is 0 Å². The third kappa shape index (κ3) is 2.23. The molecule has 2 aliphatic heterocycles. The molecule has 0 aliphatic carbocycles. The Bertz CT molecular complexity index is 161. The van der Waals surface area contributed by atoms with Crippen LogP contribution >= 0.6 is 0 Å². The van der Waals surface area contributed by atoms with Gasteiger partial charge in [0.15, 0.2) is 0 Å². The van der Waals surface area contributed by atoms with Crippen LogP contribution in [0.3, 0.4) is 0 Å². The average Bonchev–Trinajstić information content (AvgIpc) is 2.32. The van der Waals surface area contributed by atoms with Crippen molar-refractivity contribution in [2.45, 2.75) is 44.1 Å². The van der Waals surface area contributed by atoms with Gasteiger partial charge in [-0.3, -0.25) is 0 Å². The molecule has 1 spiro atoms. The van der Waals surface area contributed by atoms with Gasteiger partial charge in [0, 0.05) is 5.54 Å². The molecule has 0 aromatic rings. The first-order valence-electron chi connectivity index (χ1n) is 5.74. The largest absolute Gasteiger partial charge is 0.311 e. The van der Waals surface area contributed by atoms with Gasteiger partial charge in [0.2, 0.25) is 0 Å². The molecule has 2 heteroatoms. The SMILES string of the molecule is CN1CCCC2(CCCCN2)CC1. The maximum absolute atomic E-state index is 3.77. The lowest BCUT2D eigenvalue weighted by molar-refractivity contribution is 0.222. The molecule has 1 N–H and O–H groups in total. The van der Waals surface area contributed by atoms with Gasteiger partial charge < -0.3 is 10.2 Å². The quantitative estimate of drug-likeness (QED) is 0.612. The van der Waals surface area contributed by atoms with Crippen LogP contribution in [0.15, 0.2) is 0 Å². The summed E-state index contributed by atoms with van der Waals surface area (Å²) in [6.07, 6.45) is 8.39. The molecule has 0 amide bonds. The lowest BCUT2D eigenvalue weighted by atomic mass is 9.83. The Labute approximate surface area is 81.7 Å². The zero-order chi connectivity index (χ0) is 9.15. The molecular weight excluding hydrogens is 160 g/mol. The number of likely N-dealkylation sites (tertiary alicyclic amines) is 1. The van der Waals surface area contributed by atoms with E-state index in [0.717, 1.165) is 0 Å². The van der Waals surface area contributed by atoms with Crippen molar-refractivity contribution in [3.05, 3.63) is 0 Å². The van der Waals surface area contributed by atoms with E-state index in [1.54, 1.807) is 0 Å². The molecule has 0 aromatic heterocycles. The van der Waals surface area contributed by atoms with Crippen LogP contribution < -0.4 is 5.32 Å². The van der Waals surface area contributed by atoms with Crippen LogP contribution in [0.1, 0.15) is 38.5 Å². The van der Waals surface area contributed by atoms with E-state index < -0.39 is 0 Å². The summed E-state index contributed by atoms with van der Waals surface area (Å²) in [5.41, 5.74) is 0.531. The monoisotopic (exact) mass is 182 g/mol. The first-order valence-corrected chi connectivity index (χ1v) is 5.74. The molecule has 2 saturated heterocycles. The van der Waals surface area contributed by atoms with Gasteiger partial charge in [-0.25, -0.2) is 0 Å². The molecule has 2 fully saturated rings. The number of rotatable bonds is 0. The Hall–Kier alpha value is -0.0800. The smallest absolute Gasteiger partial charge is 0.0194 e. The Kier molecular flexibility index (Phi) is 2.89. The Morgan fingerprint density at radius 3 is 2.62 bits per heavy atom. The highest BCUT2D eigenvalue weighted by Crippen LogP contribution is 2.29. The molecule has 0 bridgehead atoms. The van der Waals surface area contributed by atoms with Crippen molar-refractivity contribution in [2.75, 3.05) is 26.7 Å². The van der Waals surface area contributed by atoms with E-state index in [9.17, 15) is 0 Å². The van der Waals surface area contributed by atoms with E-state index in [1.807, 2.05) is 0 Å². The first-order chi connectivity index (χ1) is 6.31. The van der Waals surface area contributed by atoms with Crippen LogP contribution in [0.2, 0.25) is 0 Å². The second-order valence-corrected chi connectivity index (χ2v) is 4.82. The second-order valence-electron chi connectivity index (χ2n) is 4.82. The number of nitrogens with zero attached hydrogens (tertiary/aromatic N) is 1. The van der Waals surface area contributed by atoms with E-state index in [4.69, 9.17) is 0 Å². The molecule has 2 heterocycles. The highest BCUT2D eigenvalue weighted by atomic mass is 15.1. The molecule has 0 aromatic carbocycles. The number of hydrogen-bond donors (Lipinski definition) is 1. The van der Waals surface area contributed by atoms with Gasteiger partial charge in [0.25, 0.3) is 0 Å². The van der Waals surface area contributed by atoms with Gasteiger partial charge in [-0.1, -0.05) is 6.42 Å². The van der Waals surface area contributed by atoms with E-state index in [0.29, 0.717) is 5.54 Å². The number of nitrogens with one attached hydrogen (secondary N) is 1. The van der Waals surface area contributed by atoms with Gasteiger partial charge in [-0.05, 0) is 58.8 Å². The minimum Gasteiger partial charge on any atom is -0.311 e. The summed E-state index contributed by atoms with van der Waals surface area (Å²) in [6, 6.07) is 0. The van der Waals surface area contributed by atoms with Crippen molar-refractivity contribution in [2.24, 2.45) is 0 Å². The average molecular weight is 182 g/mol. The third-order valence-electron chi connectivity index (χ3n) is 3.75. The van der Waals surface area contributed by atoms with E-state index in [2.05, 4.69) is 17.3 Å². The summed E-state index contributed by atoms with van der Waals surface area (Å²) >= 11 is 0. The Morgan fingerprint density at radius 2 is 1.85 bits per heavy atom. The highest BCUT2D eigenvalue weighted by Gasteiger charge is 2.32. The molecule has 13 heavy (non-hydrogen) atoms. The highest BCUT2D eigenvalue weighted by molar-refractivity contribution is 4.93. The zero-order valence-electron chi connectivity index (χ0n) is 8.81. The van der Waals surface area contributed by atoms with Crippen molar-refractivity contribution < 1.29 is 0 Å². The Morgan fingerprint density at radius 1 is 1.00 bits per heavy atom. The molecule has 76 valence electrons. The van der Waals surface area contributed by atoms with Crippen LogP contribution in [0.25, 0.3) is 0 Å². The first kappa shape index (κ1) is 9.47. The molecule has 0 saturated carbocycles. The fraction of sp³-hybridized carbons (Fsp3) is 1.00. The number of hydrogen-bond acceptors (Lipinski definition) is 2. The van der Waals surface area contributed by atoms with Gasteiger partial charge in [0.05, 0.1) is 0 Å².